The summed E-state index contributed by atoms with van der Waals surface area (Å²) in [5, 5.41) is 20.6. The summed E-state index contributed by atoms with van der Waals surface area (Å²) in [6.45, 7) is 0.708. The van der Waals surface area contributed by atoms with Crippen molar-refractivity contribution < 1.29 is 0 Å². The van der Waals surface area contributed by atoms with E-state index < -0.39 is 0 Å². The van der Waals surface area contributed by atoms with Gasteiger partial charge in [0.1, 0.15) is 0 Å². The van der Waals surface area contributed by atoms with Gasteiger partial charge in [0.05, 0.1) is 28.4 Å². The van der Waals surface area contributed by atoms with Crippen LogP contribution in [0.5, 0.6) is 0 Å². The summed E-state index contributed by atoms with van der Waals surface area (Å²) in [5.74, 6) is 0. The Hall–Kier alpha value is -1.71. The van der Waals surface area contributed by atoms with E-state index in [1.165, 1.54) is 0 Å². The van der Waals surface area contributed by atoms with Crippen LogP contribution in [0, 0.1) is 22.7 Å². The van der Waals surface area contributed by atoms with Crippen molar-refractivity contribution in [3.05, 3.63) is 28.8 Å². The number of nitrogens with one attached hydrogen (secondary N) is 1. The zero-order chi connectivity index (χ0) is 11.1. The molecule has 0 aliphatic heterocycles. The summed E-state index contributed by atoms with van der Waals surface area (Å²) < 4.78 is 0. The second-order valence-electron chi connectivity index (χ2n) is 2.99. The maximum atomic E-state index is 8.63. The summed E-state index contributed by atoms with van der Waals surface area (Å²) in [4.78, 5) is 0. The predicted molar refractivity (Wildman–Crippen MR) is 59.5 cm³/mol. The maximum Gasteiger partial charge on any atom is 0.0992 e. The minimum absolute atomic E-state index is 0.529. The average molecular weight is 220 g/mol. The highest BCUT2D eigenvalue weighted by Crippen LogP contribution is 2.22. The predicted octanol–water partition coefficient (Wildman–Crippen LogP) is 2.93. The molecule has 0 bridgehead atoms. The molecule has 0 atom stereocenters. The van der Waals surface area contributed by atoms with E-state index in [4.69, 9.17) is 22.1 Å². The topological polar surface area (TPSA) is 59.6 Å². The first-order valence-corrected chi connectivity index (χ1v) is 4.96. The number of benzene rings is 1. The van der Waals surface area contributed by atoms with E-state index in [9.17, 15) is 0 Å². The Bertz CT molecular complexity index is 415. The average Bonchev–Trinajstić information content (AvgIpc) is 2.26. The maximum absolute atomic E-state index is 8.63. The smallest absolute Gasteiger partial charge is 0.0992 e. The van der Waals surface area contributed by atoms with Crippen LogP contribution in [0.1, 0.15) is 18.4 Å². The quantitative estimate of drug-likeness (QED) is 0.792. The Morgan fingerprint density at radius 2 is 2.13 bits per heavy atom. The van der Waals surface area contributed by atoms with Gasteiger partial charge in [0, 0.05) is 13.0 Å². The highest BCUT2D eigenvalue weighted by atomic mass is 35.5. The molecule has 76 valence electrons. The molecule has 15 heavy (non-hydrogen) atoms. The van der Waals surface area contributed by atoms with Gasteiger partial charge in [0.25, 0.3) is 0 Å². The van der Waals surface area contributed by atoms with Crippen LogP contribution >= 0.6 is 11.6 Å². The molecule has 0 radical (unpaired) electrons. The fraction of sp³-hybridized carbons (Fsp3) is 0.273. The van der Waals surface area contributed by atoms with Crippen molar-refractivity contribution in [2.24, 2.45) is 0 Å². The van der Waals surface area contributed by atoms with E-state index in [0.717, 1.165) is 12.1 Å². The van der Waals surface area contributed by atoms with Gasteiger partial charge in [-0.1, -0.05) is 11.6 Å². The van der Waals surface area contributed by atoms with E-state index in [0.29, 0.717) is 23.6 Å². The van der Waals surface area contributed by atoms with E-state index in [2.05, 4.69) is 11.4 Å². The Morgan fingerprint density at radius 3 is 2.73 bits per heavy atom. The summed E-state index contributed by atoms with van der Waals surface area (Å²) in [6, 6.07) is 9.18. The van der Waals surface area contributed by atoms with Crippen LogP contribution in [0.25, 0.3) is 0 Å². The van der Waals surface area contributed by atoms with Crippen LogP contribution < -0.4 is 5.32 Å². The van der Waals surface area contributed by atoms with Crippen molar-refractivity contribution in [1.82, 2.24) is 0 Å². The number of nitriles is 2. The molecule has 1 rings (SSSR count). The monoisotopic (exact) mass is 219 g/mol. The van der Waals surface area contributed by atoms with Crippen LogP contribution in [0.3, 0.4) is 0 Å². The molecule has 0 spiro atoms. The molecule has 4 heteroatoms. The molecule has 0 unspecified atom stereocenters. The SMILES string of the molecule is N#CCCCNc1ccc(C#N)cc1Cl. The van der Waals surface area contributed by atoms with Crippen molar-refractivity contribution in [3.63, 3.8) is 0 Å². The number of hydrogen-bond donors (Lipinski definition) is 1. The molecular weight excluding hydrogens is 210 g/mol. The molecule has 0 amide bonds. The molecule has 1 aromatic carbocycles. The third-order valence-electron chi connectivity index (χ3n) is 1.88. The molecule has 0 saturated heterocycles. The number of unbranched alkanes of at least 4 members (excludes halogenated alkanes) is 1. The highest BCUT2D eigenvalue weighted by molar-refractivity contribution is 6.33. The fourth-order valence-corrected chi connectivity index (χ4v) is 1.37. The normalized spacial score (nSPS) is 9.00. The summed E-state index contributed by atoms with van der Waals surface area (Å²) >= 11 is 5.94. The minimum Gasteiger partial charge on any atom is -0.384 e. The Labute approximate surface area is 93.9 Å². The van der Waals surface area contributed by atoms with Crippen LogP contribution in [-0.2, 0) is 0 Å². The van der Waals surface area contributed by atoms with Gasteiger partial charge in [-0.15, -0.1) is 0 Å². The second-order valence-corrected chi connectivity index (χ2v) is 3.40. The lowest BCUT2D eigenvalue weighted by Crippen LogP contribution is -2.01. The van der Waals surface area contributed by atoms with E-state index in [1.54, 1.807) is 18.2 Å². The standard InChI is InChI=1S/C11H10ClN3/c12-10-7-9(8-14)3-4-11(10)15-6-2-1-5-13/h3-4,7,15H,1-2,6H2. The fourth-order valence-electron chi connectivity index (χ4n) is 1.12. The van der Waals surface area contributed by atoms with E-state index >= 15 is 0 Å². The van der Waals surface area contributed by atoms with Crippen LogP contribution in [0.15, 0.2) is 18.2 Å². The van der Waals surface area contributed by atoms with Gasteiger partial charge >= 0.3 is 0 Å². The van der Waals surface area contributed by atoms with Gasteiger partial charge in [-0.3, -0.25) is 0 Å². The van der Waals surface area contributed by atoms with Gasteiger partial charge in [-0.25, -0.2) is 0 Å². The second kappa shape index (κ2) is 5.90. The van der Waals surface area contributed by atoms with Gasteiger partial charge in [-0.05, 0) is 24.6 Å². The number of halogens is 1. The third kappa shape index (κ3) is 3.50. The zero-order valence-corrected chi connectivity index (χ0v) is 8.88. The molecule has 0 aliphatic rings. The zero-order valence-electron chi connectivity index (χ0n) is 8.13. The van der Waals surface area contributed by atoms with Crippen molar-refractivity contribution in [3.8, 4) is 12.1 Å². The first-order valence-electron chi connectivity index (χ1n) is 4.58. The molecule has 3 nitrogen and oxygen atoms in total. The molecule has 0 saturated carbocycles. The van der Waals surface area contributed by atoms with Crippen LogP contribution in [-0.4, -0.2) is 6.54 Å². The van der Waals surface area contributed by atoms with Crippen LogP contribution in [0.4, 0.5) is 5.69 Å². The molecule has 0 fully saturated rings. The minimum atomic E-state index is 0.529. The number of hydrogen-bond acceptors (Lipinski definition) is 3. The van der Waals surface area contributed by atoms with Crippen molar-refractivity contribution in [2.45, 2.75) is 12.8 Å². The molecule has 1 N–H and O–H groups in total. The van der Waals surface area contributed by atoms with Gasteiger partial charge < -0.3 is 5.32 Å². The lowest BCUT2D eigenvalue weighted by atomic mass is 10.2. The number of anilines is 1. The van der Waals surface area contributed by atoms with Crippen molar-refractivity contribution in [1.29, 1.82) is 10.5 Å². The molecular formula is C11H10ClN3. The Kier molecular flexibility index (Phi) is 4.47. The Balaban J connectivity index is 2.56. The third-order valence-corrected chi connectivity index (χ3v) is 2.19. The van der Waals surface area contributed by atoms with Gasteiger partial charge in [0.2, 0.25) is 0 Å². The Morgan fingerprint density at radius 1 is 1.33 bits per heavy atom. The molecule has 0 aliphatic carbocycles. The molecule has 1 aromatic rings. The van der Waals surface area contributed by atoms with Crippen molar-refractivity contribution in [2.75, 3.05) is 11.9 Å². The van der Waals surface area contributed by atoms with Gasteiger partial charge in [0.15, 0.2) is 0 Å². The van der Waals surface area contributed by atoms with E-state index in [-0.39, 0.29) is 0 Å². The lowest BCUT2D eigenvalue weighted by Gasteiger charge is -2.06. The summed E-state index contributed by atoms with van der Waals surface area (Å²) in [5.41, 5.74) is 1.34. The summed E-state index contributed by atoms with van der Waals surface area (Å²) in [7, 11) is 0. The molecule has 0 aromatic heterocycles. The lowest BCUT2D eigenvalue weighted by molar-refractivity contribution is 0.897. The van der Waals surface area contributed by atoms with E-state index in [1.807, 2.05) is 6.07 Å². The van der Waals surface area contributed by atoms with Crippen molar-refractivity contribution >= 4 is 17.3 Å². The number of rotatable bonds is 4. The first-order chi connectivity index (χ1) is 7.27. The number of nitrogens with zero attached hydrogens (tertiary/aromatic N) is 2. The first kappa shape index (κ1) is 11.4. The molecule has 0 heterocycles. The van der Waals surface area contributed by atoms with Crippen LogP contribution in [0.2, 0.25) is 5.02 Å². The highest BCUT2D eigenvalue weighted by Gasteiger charge is 2.00. The van der Waals surface area contributed by atoms with Gasteiger partial charge in [-0.2, -0.15) is 10.5 Å². The largest absolute Gasteiger partial charge is 0.384 e. The summed E-state index contributed by atoms with van der Waals surface area (Å²) in [6.07, 6.45) is 1.31.